The van der Waals surface area contributed by atoms with E-state index >= 15 is 0 Å². The minimum Gasteiger partial charge on any atom is -0.373 e. The summed E-state index contributed by atoms with van der Waals surface area (Å²) in [5.41, 5.74) is 1.14. The van der Waals surface area contributed by atoms with Crippen molar-refractivity contribution in [1.82, 2.24) is 14.7 Å². The SMILES string of the molecule is CCn1c(=O)c(-c2cc(NC(=O)Nc3cc(C(C)(C)C)no3)c(F)cc2Cl)cc2cnc(NC)cc21. The maximum Gasteiger partial charge on any atom is 0.326 e. The fourth-order valence-corrected chi connectivity index (χ4v) is 3.97. The molecular formula is C25H26ClFN6O3. The molecule has 0 atom stereocenters. The van der Waals surface area contributed by atoms with Crippen molar-refractivity contribution < 1.29 is 13.7 Å². The summed E-state index contributed by atoms with van der Waals surface area (Å²) in [6, 6.07) is 6.67. The van der Waals surface area contributed by atoms with Gasteiger partial charge in [0.1, 0.15) is 11.6 Å². The second-order valence-corrected chi connectivity index (χ2v) is 9.61. The van der Waals surface area contributed by atoms with Gasteiger partial charge in [0.25, 0.3) is 5.56 Å². The number of amides is 2. The van der Waals surface area contributed by atoms with Crippen LogP contribution in [-0.2, 0) is 12.0 Å². The van der Waals surface area contributed by atoms with Crippen molar-refractivity contribution in [2.75, 3.05) is 23.0 Å². The van der Waals surface area contributed by atoms with Crippen LogP contribution in [-0.4, -0.2) is 27.8 Å². The molecular weight excluding hydrogens is 487 g/mol. The summed E-state index contributed by atoms with van der Waals surface area (Å²) in [5, 5.41) is 12.6. The highest BCUT2D eigenvalue weighted by atomic mass is 35.5. The number of carbonyl (C=O) groups excluding carboxylic acids is 1. The zero-order valence-corrected chi connectivity index (χ0v) is 21.2. The molecule has 0 spiro atoms. The Morgan fingerprint density at radius 3 is 2.53 bits per heavy atom. The van der Waals surface area contributed by atoms with E-state index in [2.05, 4.69) is 26.1 Å². The lowest BCUT2D eigenvalue weighted by Gasteiger charge is -2.14. The van der Waals surface area contributed by atoms with Crippen molar-refractivity contribution in [1.29, 1.82) is 0 Å². The summed E-state index contributed by atoms with van der Waals surface area (Å²) < 4.78 is 21.5. The Kier molecular flexibility index (Phi) is 6.73. The number of pyridine rings is 2. The number of benzene rings is 1. The minimum absolute atomic E-state index is 0.0300. The molecule has 0 bridgehead atoms. The molecule has 0 radical (unpaired) electrons. The first-order chi connectivity index (χ1) is 17.0. The molecule has 36 heavy (non-hydrogen) atoms. The van der Waals surface area contributed by atoms with Gasteiger partial charge in [-0.25, -0.2) is 14.2 Å². The topological polar surface area (TPSA) is 114 Å². The maximum absolute atomic E-state index is 14.7. The molecule has 0 aliphatic heterocycles. The first kappa shape index (κ1) is 25.2. The molecule has 1 aromatic carbocycles. The zero-order valence-electron chi connectivity index (χ0n) is 20.5. The summed E-state index contributed by atoms with van der Waals surface area (Å²) >= 11 is 6.35. The number of fused-ring (bicyclic) bond motifs is 1. The molecule has 0 fully saturated rings. The third kappa shape index (κ3) is 4.90. The number of nitrogens with zero attached hydrogens (tertiary/aromatic N) is 3. The largest absolute Gasteiger partial charge is 0.373 e. The maximum atomic E-state index is 14.7. The highest BCUT2D eigenvalue weighted by molar-refractivity contribution is 6.33. The predicted molar refractivity (Wildman–Crippen MR) is 139 cm³/mol. The number of carbonyl (C=O) groups is 1. The average molecular weight is 513 g/mol. The number of hydrogen-bond acceptors (Lipinski definition) is 6. The van der Waals surface area contributed by atoms with E-state index in [-0.39, 0.29) is 38.7 Å². The van der Waals surface area contributed by atoms with Gasteiger partial charge in [-0.1, -0.05) is 37.5 Å². The summed E-state index contributed by atoms with van der Waals surface area (Å²) in [5.74, 6) is -0.0276. The third-order valence-corrected chi connectivity index (χ3v) is 5.97. The second kappa shape index (κ2) is 9.62. The quantitative estimate of drug-likeness (QED) is 0.309. The minimum atomic E-state index is -0.760. The van der Waals surface area contributed by atoms with E-state index in [1.54, 1.807) is 36.0 Å². The number of rotatable bonds is 5. The van der Waals surface area contributed by atoms with Crippen LogP contribution in [0.2, 0.25) is 5.02 Å². The third-order valence-electron chi connectivity index (χ3n) is 5.66. The summed E-state index contributed by atoms with van der Waals surface area (Å²) in [4.78, 5) is 30.2. The van der Waals surface area contributed by atoms with Gasteiger partial charge >= 0.3 is 6.03 Å². The van der Waals surface area contributed by atoms with Crippen molar-refractivity contribution in [2.45, 2.75) is 39.7 Å². The molecule has 0 aliphatic rings. The molecule has 3 aromatic heterocycles. The van der Waals surface area contributed by atoms with Gasteiger partial charge in [0.15, 0.2) is 0 Å². The molecule has 11 heteroatoms. The lowest BCUT2D eigenvalue weighted by Crippen LogP contribution is -2.22. The van der Waals surface area contributed by atoms with Gasteiger partial charge in [0.2, 0.25) is 5.88 Å². The van der Waals surface area contributed by atoms with Crippen LogP contribution in [0.4, 0.5) is 26.6 Å². The fraction of sp³-hybridized carbons (Fsp3) is 0.280. The van der Waals surface area contributed by atoms with Crippen LogP contribution >= 0.6 is 11.6 Å². The summed E-state index contributed by atoms with van der Waals surface area (Å²) in [6.07, 6.45) is 1.64. The standard InChI is InChI=1S/C25H26ClFN6O3/c1-6-33-19-10-21(28-5)29-12-13(19)7-15(23(33)34)14-8-18(17(27)9-16(14)26)30-24(35)31-22-11-20(32-36-22)25(2,3)4/h7-12H,6H2,1-5H3,(H,28,29)(H2,30,31,35). The molecule has 3 heterocycles. The highest BCUT2D eigenvalue weighted by Gasteiger charge is 2.21. The molecule has 0 saturated carbocycles. The Hall–Kier alpha value is -3.92. The van der Waals surface area contributed by atoms with Gasteiger partial charge in [-0.3, -0.25) is 10.1 Å². The molecule has 0 aliphatic carbocycles. The van der Waals surface area contributed by atoms with E-state index < -0.39 is 11.8 Å². The van der Waals surface area contributed by atoms with Gasteiger partial charge in [-0.15, -0.1) is 0 Å². The molecule has 3 N–H and O–H groups in total. The van der Waals surface area contributed by atoms with Crippen molar-refractivity contribution in [3.05, 3.63) is 63.4 Å². The zero-order chi connectivity index (χ0) is 26.2. The van der Waals surface area contributed by atoms with Crippen LogP contribution in [0.25, 0.3) is 22.0 Å². The van der Waals surface area contributed by atoms with E-state index in [1.807, 2.05) is 27.7 Å². The van der Waals surface area contributed by atoms with E-state index in [0.717, 1.165) is 6.07 Å². The molecule has 0 saturated heterocycles. The van der Waals surface area contributed by atoms with E-state index in [0.29, 0.717) is 29.0 Å². The Morgan fingerprint density at radius 2 is 1.89 bits per heavy atom. The molecule has 9 nitrogen and oxygen atoms in total. The van der Waals surface area contributed by atoms with Gasteiger partial charge < -0.3 is 19.7 Å². The number of urea groups is 1. The molecule has 4 rings (SSSR count). The average Bonchev–Trinajstić information content (AvgIpc) is 3.29. The molecule has 4 aromatic rings. The number of halogens is 2. The Labute approximate surface area is 211 Å². The Morgan fingerprint density at radius 1 is 1.14 bits per heavy atom. The first-order valence-electron chi connectivity index (χ1n) is 11.3. The predicted octanol–water partition coefficient (Wildman–Crippen LogP) is 5.85. The lowest BCUT2D eigenvalue weighted by atomic mass is 9.92. The second-order valence-electron chi connectivity index (χ2n) is 9.20. The van der Waals surface area contributed by atoms with Gasteiger partial charge in [-0.05, 0) is 25.1 Å². The van der Waals surface area contributed by atoms with Crippen LogP contribution in [0.1, 0.15) is 33.4 Å². The van der Waals surface area contributed by atoms with Crippen molar-refractivity contribution >= 4 is 45.9 Å². The van der Waals surface area contributed by atoms with Crippen LogP contribution in [0.3, 0.4) is 0 Å². The van der Waals surface area contributed by atoms with E-state index in [4.69, 9.17) is 16.1 Å². The molecule has 0 unspecified atom stereocenters. The summed E-state index contributed by atoms with van der Waals surface area (Å²) in [7, 11) is 1.74. The monoisotopic (exact) mass is 512 g/mol. The number of aromatic nitrogens is 3. The van der Waals surface area contributed by atoms with Gasteiger partial charge in [0, 0.05) is 53.9 Å². The smallest absolute Gasteiger partial charge is 0.326 e. The molecule has 188 valence electrons. The normalized spacial score (nSPS) is 11.5. The number of anilines is 3. The Bertz CT molecular complexity index is 1520. The van der Waals surface area contributed by atoms with E-state index in [1.165, 1.54) is 6.07 Å². The first-order valence-corrected chi connectivity index (χ1v) is 11.7. The number of nitrogens with one attached hydrogen (secondary N) is 3. The van der Waals surface area contributed by atoms with Crippen LogP contribution < -0.4 is 21.5 Å². The highest BCUT2D eigenvalue weighted by Crippen LogP contribution is 2.33. The molecule has 2 amide bonds. The Balaban J connectivity index is 1.70. The van der Waals surface area contributed by atoms with Gasteiger partial charge in [-0.2, -0.15) is 0 Å². The van der Waals surface area contributed by atoms with Gasteiger partial charge in [0.05, 0.1) is 21.9 Å². The fourth-order valence-electron chi connectivity index (χ4n) is 3.72. The van der Waals surface area contributed by atoms with Crippen molar-refractivity contribution in [3.8, 4) is 11.1 Å². The van der Waals surface area contributed by atoms with Crippen molar-refractivity contribution in [2.24, 2.45) is 0 Å². The number of aryl methyl sites for hydroxylation is 1. The van der Waals surface area contributed by atoms with Crippen molar-refractivity contribution in [3.63, 3.8) is 0 Å². The lowest BCUT2D eigenvalue weighted by molar-refractivity contribution is 0.261. The summed E-state index contributed by atoms with van der Waals surface area (Å²) in [6.45, 7) is 8.11. The number of hydrogen-bond donors (Lipinski definition) is 3. The van der Waals surface area contributed by atoms with Crippen LogP contribution in [0, 0.1) is 5.82 Å². The van der Waals surface area contributed by atoms with Crippen LogP contribution in [0.15, 0.2) is 45.8 Å². The van der Waals surface area contributed by atoms with E-state index in [9.17, 15) is 14.0 Å². The van der Waals surface area contributed by atoms with Crippen LogP contribution in [0.5, 0.6) is 0 Å².